The van der Waals surface area contributed by atoms with Crippen LogP contribution in [-0.2, 0) is 21.3 Å². The molecular weight excluding hydrogens is 414 g/mol. The second-order valence-corrected chi connectivity index (χ2v) is 7.40. The van der Waals surface area contributed by atoms with E-state index in [1.165, 1.54) is 24.3 Å². The van der Waals surface area contributed by atoms with Gasteiger partial charge in [0, 0.05) is 6.07 Å². The quantitative estimate of drug-likeness (QED) is 0.518. The lowest BCUT2D eigenvalue weighted by Gasteiger charge is -2.21. The predicted octanol–water partition coefficient (Wildman–Crippen LogP) is 2.04. The zero-order chi connectivity index (χ0) is 21.1. The molecule has 28 heavy (non-hydrogen) atoms. The fourth-order valence-electron chi connectivity index (χ4n) is 2.24. The highest BCUT2D eigenvalue weighted by Crippen LogP contribution is 2.33. The Labute approximate surface area is 165 Å². The smallest absolute Gasteiger partial charge is 0.415 e. The first-order valence-corrected chi connectivity index (χ1v) is 9.63. The minimum atomic E-state index is -3.86. The van der Waals surface area contributed by atoms with Gasteiger partial charge in [-0.1, -0.05) is 23.7 Å². The molecule has 0 fully saturated rings. The molecule has 0 saturated carbocycles. The van der Waals surface area contributed by atoms with E-state index in [4.69, 9.17) is 27.2 Å². The van der Waals surface area contributed by atoms with Gasteiger partial charge in [0.05, 0.1) is 23.0 Å². The van der Waals surface area contributed by atoms with Crippen LogP contribution >= 0.6 is 11.6 Å². The summed E-state index contributed by atoms with van der Waals surface area (Å²) in [4.78, 5) is 27.4. The number of nitrogen functional groups attached to an aromatic ring is 1. The Hall–Kier alpha value is -2.96. The molecule has 13 heteroatoms. The van der Waals surface area contributed by atoms with Crippen LogP contribution in [0, 0.1) is 10.1 Å². The predicted molar refractivity (Wildman–Crippen MR) is 101 cm³/mol. The number of pyridine rings is 1. The highest BCUT2D eigenvalue weighted by molar-refractivity contribution is 7.89. The molecule has 0 atom stereocenters. The van der Waals surface area contributed by atoms with E-state index in [1.54, 1.807) is 6.92 Å². The highest BCUT2D eigenvalue weighted by Gasteiger charge is 2.25. The third kappa shape index (κ3) is 4.85. The zero-order valence-electron chi connectivity index (χ0n) is 14.5. The first kappa shape index (κ1) is 21.3. The van der Waals surface area contributed by atoms with E-state index >= 15 is 0 Å². The number of ether oxygens (including phenoxy) is 1. The van der Waals surface area contributed by atoms with Crippen LogP contribution in [-0.4, -0.2) is 31.0 Å². The molecule has 0 radical (unpaired) electrons. The zero-order valence-corrected chi connectivity index (χ0v) is 16.1. The van der Waals surface area contributed by atoms with Crippen LogP contribution in [0.4, 0.5) is 22.1 Å². The van der Waals surface area contributed by atoms with Crippen LogP contribution in [0.15, 0.2) is 35.2 Å². The molecule has 1 aromatic carbocycles. The number of nitrogens with zero attached hydrogens (tertiary/aromatic N) is 3. The average molecular weight is 430 g/mol. The van der Waals surface area contributed by atoms with Crippen molar-refractivity contribution in [3.05, 3.63) is 51.0 Å². The van der Waals surface area contributed by atoms with Gasteiger partial charge in [0.25, 0.3) is 0 Å². The van der Waals surface area contributed by atoms with E-state index < -0.39 is 32.5 Å². The lowest BCUT2D eigenvalue weighted by atomic mass is 10.2. The Kier molecular flexibility index (Phi) is 6.38. The van der Waals surface area contributed by atoms with Crippen molar-refractivity contribution in [2.45, 2.75) is 18.4 Å². The van der Waals surface area contributed by atoms with Crippen molar-refractivity contribution in [3.63, 3.8) is 0 Å². The Bertz CT molecular complexity index is 989. The summed E-state index contributed by atoms with van der Waals surface area (Å²) in [6, 6.07) is 6.56. The van der Waals surface area contributed by atoms with Crippen molar-refractivity contribution in [1.29, 1.82) is 0 Å². The van der Waals surface area contributed by atoms with Crippen molar-refractivity contribution in [1.82, 2.24) is 4.98 Å². The van der Waals surface area contributed by atoms with E-state index in [0.717, 1.165) is 11.0 Å². The molecule has 1 heterocycles. The topological polar surface area (TPSA) is 172 Å². The molecule has 1 aromatic heterocycles. The Morgan fingerprint density at radius 1 is 1.36 bits per heavy atom. The van der Waals surface area contributed by atoms with Crippen molar-refractivity contribution < 1.29 is 22.9 Å². The highest BCUT2D eigenvalue weighted by atomic mass is 35.5. The van der Waals surface area contributed by atoms with Crippen molar-refractivity contribution in [3.8, 4) is 0 Å². The van der Waals surface area contributed by atoms with Gasteiger partial charge >= 0.3 is 11.8 Å². The van der Waals surface area contributed by atoms with Gasteiger partial charge in [-0.3, -0.25) is 15.0 Å². The molecule has 0 bridgehead atoms. The maximum absolute atomic E-state index is 12.3. The molecule has 1 amide bonds. The second-order valence-electron chi connectivity index (χ2n) is 5.43. The van der Waals surface area contributed by atoms with Crippen molar-refractivity contribution in [2.75, 3.05) is 17.2 Å². The SMILES string of the molecule is CCOC(=O)N(Cc1ccc(S(N)(=O)=O)cc1)c1cc(Cl)c([N+](=O)[O-])c(N)n1. The molecule has 0 spiro atoms. The van der Waals surface area contributed by atoms with E-state index in [1.807, 2.05) is 0 Å². The summed E-state index contributed by atoms with van der Waals surface area (Å²) in [6.45, 7) is 1.57. The van der Waals surface area contributed by atoms with Crippen molar-refractivity contribution >= 4 is 45.0 Å². The maximum Gasteiger partial charge on any atom is 0.415 e. The summed E-state index contributed by atoms with van der Waals surface area (Å²) in [6.07, 6.45) is -0.796. The molecule has 0 aliphatic carbocycles. The number of rotatable bonds is 6. The fraction of sp³-hybridized carbons (Fsp3) is 0.200. The number of nitrogens with two attached hydrogens (primary N) is 2. The molecule has 4 N–H and O–H groups in total. The second kappa shape index (κ2) is 8.37. The lowest BCUT2D eigenvalue weighted by Crippen LogP contribution is -2.32. The molecule has 150 valence electrons. The summed E-state index contributed by atoms with van der Waals surface area (Å²) < 4.78 is 27.7. The van der Waals surface area contributed by atoms with E-state index in [2.05, 4.69) is 4.98 Å². The first-order valence-electron chi connectivity index (χ1n) is 7.71. The van der Waals surface area contributed by atoms with E-state index in [0.29, 0.717) is 5.56 Å². The number of amides is 1. The van der Waals surface area contributed by atoms with E-state index in [-0.39, 0.29) is 28.9 Å². The number of hydrogen-bond acceptors (Lipinski definition) is 8. The number of aromatic nitrogens is 1. The van der Waals surface area contributed by atoms with Crippen LogP contribution < -0.4 is 15.8 Å². The molecule has 11 nitrogen and oxygen atoms in total. The average Bonchev–Trinajstić information content (AvgIpc) is 2.58. The van der Waals surface area contributed by atoms with Crippen LogP contribution in [0.3, 0.4) is 0 Å². The van der Waals surface area contributed by atoms with Crippen molar-refractivity contribution in [2.24, 2.45) is 5.14 Å². The fourth-order valence-corrected chi connectivity index (χ4v) is 3.02. The summed E-state index contributed by atoms with van der Waals surface area (Å²) in [5.74, 6) is -0.534. The largest absolute Gasteiger partial charge is 0.449 e. The lowest BCUT2D eigenvalue weighted by molar-refractivity contribution is -0.384. The number of halogens is 1. The molecule has 0 unspecified atom stereocenters. The number of sulfonamides is 1. The third-order valence-corrected chi connectivity index (χ3v) is 4.72. The minimum Gasteiger partial charge on any atom is -0.449 e. The summed E-state index contributed by atoms with van der Waals surface area (Å²) in [7, 11) is -3.86. The van der Waals surface area contributed by atoms with Crippen LogP contribution in [0.2, 0.25) is 5.02 Å². The number of carbonyl (C=O) groups excluding carboxylic acids is 1. The standard InChI is InChI=1S/C15H16ClN5O6S/c1-2-27-15(22)20(8-9-3-5-10(6-4-9)28(18,25)26)12-7-11(16)13(21(23)24)14(17)19-12/h3-7H,2,8H2,1H3,(H2,17,19)(H2,18,25,26). The summed E-state index contributed by atoms with van der Waals surface area (Å²) in [5.41, 5.74) is 5.53. The number of primary sulfonamides is 1. The van der Waals surface area contributed by atoms with Crippen LogP contribution in [0.1, 0.15) is 12.5 Å². The van der Waals surface area contributed by atoms with Crippen LogP contribution in [0.25, 0.3) is 0 Å². The van der Waals surface area contributed by atoms with Gasteiger partial charge in [-0.05, 0) is 24.6 Å². The number of nitro groups is 1. The van der Waals surface area contributed by atoms with Gasteiger partial charge in [0.1, 0.15) is 10.8 Å². The van der Waals surface area contributed by atoms with Crippen LogP contribution in [0.5, 0.6) is 0 Å². The number of hydrogen-bond donors (Lipinski definition) is 2. The van der Waals surface area contributed by atoms with Gasteiger partial charge in [0.2, 0.25) is 15.8 Å². The van der Waals surface area contributed by atoms with Gasteiger partial charge in [0.15, 0.2) is 0 Å². The summed E-state index contributed by atoms with van der Waals surface area (Å²) >= 11 is 5.91. The van der Waals surface area contributed by atoms with Gasteiger partial charge in [-0.2, -0.15) is 0 Å². The molecule has 0 aliphatic heterocycles. The number of anilines is 2. The molecule has 2 aromatic rings. The third-order valence-electron chi connectivity index (χ3n) is 3.50. The van der Waals surface area contributed by atoms with Gasteiger partial charge in [-0.25, -0.2) is 23.3 Å². The van der Waals surface area contributed by atoms with Gasteiger partial charge < -0.3 is 10.5 Å². The Balaban J connectivity index is 2.43. The minimum absolute atomic E-state index is 0.0654. The monoisotopic (exact) mass is 429 g/mol. The van der Waals surface area contributed by atoms with E-state index in [9.17, 15) is 23.3 Å². The van der Waals surface area contributed by atoms with Gasteiger partial charge in [-0.15, -0.1) is 0 Å². The molecule has 0 aliphatic rings. The Morgan fingerprint density at radius 2 is 1.96 bits per heavy atom. The summed E-state index contributed by atoms with van der Waals surface area (Å²) in [5, 5.41) is 15.8. The molecular formula is C15H16ClN5O6S. The number of benzene rings is 1. The Morgan fingerprint density at radius 3 is 2.43 bits per heavy atom. The number of carbonyl (C=O) groups is 1. The normalized spacial score (nSPS) is 11.1. The maximum atomic E-state index is 12.3. The molecule has 0 saturated heterocycles. The molecule has 2 rings (SSSR count). The first-order chi connectivity index (χ1) is 13.0.